The molecule has 5 nitrogen and oxygen atoms in total. The molecule has 25 heavy (non-hydrogen) atoms. The van der Waals surface area contributed by atoms with Crippen molar-refractivity contribution in [1.82, 2.24) is 9.97 Å². The fourth-order valence-corrected chi connectivity index (χ4v) is 3.77. The van der Waals surface area contributed by atoms with Gasteiger partial charge in [0.15, 0.2) is 0 Å². The maximum absolute atomic E-state index is 5.70. The second kappa shape index (κ2) is 7.80. The van der Waals surface area contributed by atoms with Gasteiger partial charge in [0.1, 0.15) is 5.82 Å². The van der Waals surface area contributed by atoms with Gasteiger partial charge < -0.3 is 15.4 Å². The molecular formula is C19H22N4OS. The van der Waals surface area contributed by atoms with Gasteiger partial charge in [0.05, 0.1) is 11.6 Å². The summed E-state index contributed by atoms with van der Waals surface area (Å²) in [5.74, 6) is 1.55. The number of thiophene rings is 1. The number of nitrogens with zero attached hydrogens (tertiary/aromatic N) is 2. The van der Waals surface area contributed by atoms with Gasteiger partial charge in [0, 0.05) is 30.0 Å². The molecule has 4 rings (SSSR count). The van der Waals surface area contributed by atoms with Crippen molar-refractivity contribution in [3.8, 4) is 0 Å². The van der Waals surface area contributed by atoms with Gasteiger partial charge in [0.2, 0.25) is 5.95 Å². The quantitative estimate of drug-likeness (QED) is 0.673. The van der Waals surface area contributed by atoms with Crippen LogP contribution in [-0.4, -0.2) is 35.8 Å². The molecule has 3 aromatic rings. The molecule has 0 bridgehead atoms. The van der Waals surface area contributed by atoms with Crippen LogP contribution in [0.2, 0.25) is 0 Å². The Bertz CT molecular complexity index is 815. The zero-order chi connectivity index (χ0) is 16.9. The number of para-hydroxylation sites is 1. The van der Waals surface area contributed by atoms with Gasteiger partial charge in [-0.15, -0.1) is 11.3 Å². The van der Waals surface area contributed by atoms with E-state index in [0.717, 1.165) is 55.7 Å². The van der Waals surface area contributed by atoms with Crippen LogP contribution in [0, 0.1) is 0 Å². The Morgan fingerprint density at radius 3 is 2.92 bits per heavy atom. The van der Waals surface area contributed by atoms with E-state index in [1.165, 1.54) is 4.88 Å². The van der Waals surface area contributed by atoms with Crippen LogP contribution in [-0.2, 0) is 11.2 Å². The summed E-state index contributed by atoms with van der Waals surface area (Å²) in [6.07, 6.45) is 3.52. The maximum atomic E-state index is 5.70. The molecule has 1 aromatic carbocycles. The number of fused-ring (bicyclic) bond motifs is 1. The molecular weight excluding hydrogens is 332 g/mol. The van der Waals surface area contributed by atoms with Gasteiger partial charge in [-0.05, 0) is 42.8 Å². The van der Waals surface area contributed by atoms with Crippen molar-refractivity contribution in [3.05, 3.63) is 46.7 Å². The first-order chi connectivity index (χ1) is 12.4. The Labute approximate surface area is 151 Å². The number of nitrogens with one attached hydrogen (secondary N) is 2. The Kier molecular flexibility index (Phi) is 5.09. The zero-order valence-corrected chi connectivity index (χ0v) is 14.9. The van der Waals surface area contributed by atoms with E-state index in [2.05, 4.69) is 39.2 Å². The summed E-state index contributed by atoms with van der Waals surface area (Å²) >= 11 is 1.78. The molecule has 6 heteroatoms. The van der Waals surface area contributed by atoms with Crippen LogP contribution >= 0.6 is 11.3 Å². The highest BCUT2D eigenvalue weighted by Gasteiger charge is 2.16. The number of benzene rings is 1. The van der Waals surface area contributed by atoms with Gasteiger partial charge >= 0.3 is 0 Å². The predicted molar refractivity (Wildman–Crippen MR) is 104 cm³/mol. The van der Waals surface area contributed by atoms with Gasteiger partial charge in [-0.1, -0.05) is 18.2 Å². The molecule has 1 saturated heterocycles. The first-order valence-corrected chi connectivity index (χ1v) is 9.65. The molecule has 0 aliphatic carbocycles. The number of anilines is 2. The molecule has 2 aromatic heterocycles. The van der Waals surface area contributed by atoms with Crippen molar-refractivity contribution >= 4 is 34.0 Å². The minimum atomic E-state index is 0.281. The van der Waals surface area contributed by atoms with E-state index in [1.807, 2.05) is 18.2 Å². The molecule has 0 saturated carbocycles. The van der Waals surface area contributed by atoms with Crippen LogP contribution in [0.15, 0.2) is 41.8 Å². The third kappa shape index (κ3) is 4.08. The number of hydrogen-bond donors (Lipinski definition) is 2. The Morgan fingerprint density at radius 2 is 2.08 bits per heavy atom. The summed E-state index contributed by atoms with van der Waals surface area (Å²) in [4.78, 5) is 10.7. The second-order valence-electron chi connectivity index (χ2n) is 6.19. The molecule has 2 N–H and O–H groups in total. The average Bonchev–Trinajstić information content (AvgIpc) is 3.33. The molecule has 0 spiro atoms. The summed E-state index contributed by atoms with van der Waals surface area (Å²) in [7, 11) is 0. The molecule has 1 atom stereocenters. The van der Waals surface area contributed by atoms with Gasteiger partial charge in [0.25, 0.3) is 0 Å². The lowest BCUT2D eigenvalue weighted by Gasteiger charge is -2.14. The Balaban J connectivity index is 1.48. The highest BCUT2D eigenvalue weighted by molar-refractivity contribution is 7.09. The van der Waals surface area contributed by atoms with Crippen molar-refractivity contribution in [3.63, 3.8) is 0 Å². The third-order valence-electron chi connectivity index (χ3n) is 4.36. The van der Waals surface area contributed by atoms with E-state index in [4.69, 9.17) is 9.72 Å². The highest BCUT2D eigenvalue weighted by Crippen LogP contribution is 2.23. The molecule has 130 valence electrons. The average molecular weight is 354 g/mol. The van der Waals surface area contributed by atoms with E-state index in [-0.39, 0.29) is 6.10 Å². The second-order valence-corrected chi connectivity index (χ2v) is 7.22. The molecule has 1 fully saturated rings. The van der Waals surface area contributed by atoms with Crippen molar-refractivity contribution in [2.45, 2.75) is 25.4 Å². The summed E-state index contributed by atoms with van der Waals surface area (Å²) in [5.41, 5.74) is 0.950. The van der Waals surface area contributed by atoms with Crippen molar-refractivity contribution in [2.75, 3.05) is 30.3 Å². The summed E-state index contributed by atoms with van der Waals surface area (Å²) in [6, 6.07) is 12.4. The summed E-state index contributed by atoms with van der Waals surface area (Å²) < 4.78 is 5.70. The van der Waals surface area contributed by atoms with E-state index >= 15 is 0 Å². The van der Waals surface area contributed by atoms with Gasteiger partial charge in [-0.25, -0.2) is 4.98 Å². The number of rotatable bonds is 7. The SMILES string of the molecule is c1csc(CCNc2nc(NCC3CCCO3)c3ccccc3n2)c1. The third-order valence-corrected chi connectivity index (χ3v) is 5.30. The number of aromatic nitrogens is 2. The van der Waals surface area contributed by atoms with Crippen LogP contribution in [0.4, 0.5) is 11.8 Å². The van der Waals surface area contributed by atoms with E-state index < -0.39 is 0 Å². The van der Waals surface area contributed by atoms with E-state index in [0.29, 0.717) is 5.95 Å². The smallest absolute Gasteiger partial charge is 0.225 e. The Morgan fingerprint density at radius 1 is 1.12 bits per heavy atom. The largest absolute Gasteiger partial charge is 0.376 e. The fraction of sp³-hybridized carbons (Fsp3) is 0.368. The molecule has 0 amide bonds. The predicted octanol–water partition coefficient (Wildman–Crippen LogP) is 3.94. The summed E-state index contributed by atoms with van der Waals surface area (Å²) in [6.45, 7) is 2.48. The lowest BCUT2D eigenvalue weighted by molar-refractivity contribution is 0.120. The molecule has 0 radical (unpaired) electrons. The van der Waals surface area contributed by atoms with Gasteiger partial charge in [-0.3, -0.25) is 0 Å². The standard InChI is InChI=1S/C19H22N4OS/c1-2-8-17-16(7-1)18(21-13-14-5-3-11-24-14)23-19(22-17)20-10-9-15-6-4-12-25-15/h1-2,4,6-8,12,14H,3,5,9-11,13H2,(H2,20,21,22,23). The normalized spacial score (nSPS) is 17.0. The van der Waals surface area contributed by atoms with Crippen LogP contribution < -0.4 is 10.6 Å². The van der Waals surface area contributed by atoms with E-state index in [1.54, 1.807) is 11.3 Å². The molecule has 1 aliphatic heterocycles. The Hall–Kier alpha value is -2.18. The molecule has 3 heterocycles. The maximum Gasteiger partial charge on any atom is 0.225 e. The molecule has 1 unspecified atom stereocenters. The number of hydrogen-bond acceptors (Lipinski definition) is 6. The van der Waals surface area contributed by atoms with E-state index in [9.17, 15) is 0 Å². The van der Waals surface area contributed by atoms with Crippen molar-refractivity contribution < 1.29 is 4.74 Å². The minimum absolute atomic E-state index is 0.281. The summed E-state index contributed by atoms with van der Waals surface area (Å²) in [5, 5.41) is 9.97. The topological polar surface area (TPSA) is 59.1 Å². The van der Waals surface area contributed by atoms with Crippen molar-refractivity contribution in [2.24, 2.45) is 0 Å². The first kappa shape index (κ1) is 16.3. The lowest BCUT2D eigenvalue weighted by atomic mass is 10.2. The van der Waals surface area contributed by atoms with Crippen molar-refractivity contribution in [1.29, 1.82) is 0 Å². The molecule has 1 aliphatic rings. The van der Waals surface area contributed by atoms with Crippen LogP contribution in [0.3, 0.4) is 0 Å². The first-order valence-electron chi connectivity index (χ1n) is 8.77. The highest BCUT2D eigenvalue weighted by atomic mass is 32.1. The fourth-order valence-electron chi connectivity index (χ4n) is 3.06. The number of ether oxygens (including phenoxy) is 1. The lowest BCUT2D eigenvalue weighted by Crippen LogP contribution is -2.19. The monoisotopic (exact) mass is 354 g/mol. The minimum Gasteiger partial charge on any atom is -0.376 e. The zero-order valence-electron chi connectivity index (χ0n) is 14.1. The van der Waals surface area contributed by atoms with Crippen LogP contribution in [0.25, 0.3) is 10.9 Å². The van der Waals surface area contributed by atoms with Gasteiger partial charge in [-0.2, -0.15) is 4.98 Å². The van der Waals surface area contributed by atoms with Crippen LogP contribution in [0.5, 0.6) is 0 Å². The van der Waals surface area contributed by atoms with Crippen LogP contribution in [0.1, 0.15) is 17.7 Å².